The second kappa shape index (κ2) is 5.78. The summed E-state index contributed by atoms with van der Waals surface area (Å²) in [4.78, 5) is 0. The van der Waals surface area contributed by atoms with Gasteiger partial charge in [-0.05, 0) is 55.4 Å². The van der Waals surface area contributed by atoms with E-state index in [2.05, 4.69) is 28.1 Å². The first kappa shape index (κ1) is 12.8. The van der Waals surface area contributed by atoms with Crippen molar-refractivity contribution in [2.45, 2.75) is 31.8 Å². The quantitative estimate of drug-likeness (QED) is 0.841. The highest BCUT2D eigenvalue weighted by Crippen LogP contribution is 2.26. The molecule has 1 aromatic rings. The van der Waals surface area contributed by atoms with Crippen molar-refractivity contribution in [3.05, 3.63) is 46.2 Å². The second-order valence-corrected chi connectivity index (χ2v) is 5.41. The third-order valence-corrected chi connectivity index (χ3v) is 4.06. The molecule has 2 unspecified atom stereocenters. The summed E-state index contributed by atoms with van der Waals surface area (Å²) in [5.74, 6) is 0.0501. The lowest BCUT2D eigenvalue weighted by Gasteiger charge is -2.24. The van der Waals surface area contributed by atoms with Gasteiger partial charge in [-0.25, -0.2) is 4.39 Å². The van der Waals surface area contributed by atoms with Crippen molar-refractivity contribution in [2.24, 2.45) is 5.92 Å². The van der Waals surface area contributed by atoms with Crippen molar-refractivity contribution in [3.63, 3.8) is 0 Å². The van der Waals surface area contributed by atoms with Crippen molar-refractivity contribution in [1.82, 2.24) is 0 Å². The SMILES string of the molecule is OC(Cc1cc(F)ccc1Br)C1CC=CCC1. The monoisotopic (exact) mass is 298 g/mol. The predicted octanol–water partition coefficient (Wildman–Crippen LogP) is 3.85. The maximum atomic E-state index is 13.1. The summed E-state index contributed by atoms with van der Waals surface area (Å²) in [6, 6.07) is 4.60. The average Bonchev–Trinajstić information content (AvgIpc) is 2.35. The minimum Gasteiger partial charge on any atom is -0.392 e. The molecule has 0 fully saturated rings. The van der Waals surface area contributed by atoms with Crippen molar-refractivity contribution in [3.8, 4) is 0 Å². The summed E-state index contributed by atoms with van der Waals surface area (Å²) in [6.45, 7) is 0. The first-order valence-electron chi connectivity index (χ1n) is 5.94. The third-order valence-electron chi connectivity index (χ3n) is 3.29. The van der Waals surface area contributed by atoms with E-state index in [0.29, 0.717) is 12.3 Å². The van der Waals surface area contributed by atoms with Crippen LogP contribution in [0.2, 0.25) is 0 Å². The minimum absolute atomic E-state index is 0.251. The zero-order valence-corrected chi connectivity index (χ0v) is 11.2. The van der Waals surface area contributed by atoms with Crippen LogP contribution in [0.5, 0.6) is 0 Å². The van der Waals surface area contributed by atoms with Gasteiger partial charge in [0.1, 0.15) is 5.82 Å². The number of hydrogen-bond acceptors (Lipinski definition) is 1. The molecule has 0 amide bonds. The maximum Gasteiger partial charge on any atom is 0.123 e. The smallest absolute Gasteiger partial charge is 0.123 e. The van der Waals surface area contributed by atoms with Crippen molar-refractivity contribution >= 4 is 15.9 Å². The highest BCUT2D eigenvalue weighted by atomic mass is 79.9. The first-order valence-corrected chi connectivity index (χ1v) is 6.73. The Morgan fingerprint density at radius 3 is 2.94 bits per heavy atom. The largest absolute Gasteiger partial charge is 0.392 e. The molecule has 1 aliphatic rings. The lowest BCUT2D eigenvalue weighted by molar-refractivity contribution is 0.102. The number of allylic oxidation sites excluding steroid dienone is 2. The van der Waals surface area contributed by atoms with E-state index in [-0.39, 0.29) is 5.82 Å². The molecule has 0 heterocycles. The van der Waals surface area contributed by atoms with Crippen LogP contribution < -0.4 is 0 Å². The maximum absolute atomic E-state index is 13.1. The van der Waals surface area contributed by atoms with Gasteiger partial charge in [-0.15, -0.1) is 0 Å². The zero-order chi connectivity index (χ0) is 12.3. The molecular formula is C14H16BrFO. The number of halogens is 2. The minimum atomic E-state index is -0.391. The van der Waals surface area contributed by atoms with E-state index in [1.54, 1.807) is 6.07 Å². The molecule has 0 bridgehead atoms. The van der Waals surface area contributed by atoms with Crippen LogP contribution in [0.25, 0.3) is 0 Å². The van der Waals surface area contributed by atoms with Crippen LogP contribution in [0.3, 0.4) is 0 Å². The molecule has 0 saturated heterocycles. The molecule has 1 aliphatic carbocycles. The van der Waals surface area contributed by atoms with E-state index in [4.69, 9.17) is 0 Å². The molecule has 3 heteroatoms. The lowest BCUT2D eigenvalue weighted by Crippen LogP contribution is -2.23. The van der Waals surface area contributed by atoms with Gasteiger partial charge in [-0.1, -0.05) is 28.1 Å². The molecule has 0 radical (unpaired) electrons. The number of benzene rings is 1. The predicted molar refractivity (Wildman–Crippen MR) is 70.3 cm³/mol. The van der Waals surface area contributed by atoms with Crippen LogP contribution in [0, 0.1) is 11.7 Å². The second-order valence-electron chi connectivity index (χ2n) is 4.55. The molecule has 1 N–H and O–H groups in total. The Bertz CT molecular complexity index is 417. The van der Waals surface area contributed by atoms with Crippen LogP contribution in [-0.4, -0.2) is 11.2 Å². The average molecular weight is 299 g/mol. The summed E-state index contributed by atoms with van der Waals surface area (Å²) in [7, 11) is 0. The fourth-order valence-corrected chi connectivity index (χ4v) is 2.67. The molecule has 0 spiro atoms. The number of aliphatic hydroxyl groups excluding tert-OH is 1. The Hall–Kier alpha value is -0.670. The Balaban J connectivity index is 2.04. The molecular weight excluding hydrogens is 283 g/mol. The Morgan fingerprint density at radius 1 is 1.41 bits per heavy atom. The highest BCUT2D eigenvalue weighted by molar-refractivity contribution is 9.10. The van der Waals surface area contributed by atoms with Crippen molar-refractivity contribution in [2.75, 3.05) is 0 Å². The number of hydrogen-bond donors (Lipinski definition) is 1. The summed E-state index contributed by atoms with van der Waals surface area (Å²) >= 11 is 3.39. The van der Waals surface area contributed by atoms with E-state index in [1.807, 2.05) is 0 Å². The molecule has 1 aromatic carbocycles. The van der Waals surface area contributed by atoms with E-state index >= 15 is 0 Å². The van der Waals surface area contributed by atoms with Gasteiger partial charge in [0.2, 0.25) is 0 Å². The summed E-state index contributed by atoms with van der Waals surface area (Å²) in [5, 5.41) is 10.2. The molecule has 2 atom stereocenters. The molecule has 0 aliphatic heterocycles. The van der Waals surface area contributed by atoms with Crippen LogP contribution in [0.4, 0.5) is 4.39 Å². The Morgan fingerprint density at radius 2 is 2.24 bits per heavy atom. The van der Waals surface area contributed by atoms with Gasteiger partial charge in [0.15, 0.2) is 0 Å². The van der Waals surface area contributed by atoms with Gasteiger partial charge in [0, 0.05) is 4.47 Å². The van der Waals surface area contributed by atoms with Crippen LogP contribution in [0.15, 0.2) is 34.8 Å². The van der Waals surface area contributed by atoms with Crippen molar-refractivity contribution < 1.29 is 9.50 Å². The highest BCUT2D eigenvalue weighted by Gasteiger charge is 2.20. The third kappa shape index (κ3) is 3.39. The van der Waals surface area contributed by atoms with Gasteiger partial charge in [0.05, 0.1) is 6.10 Å². The van der Waals surface area contributed by atoms with Gasteiger partial charge in [-0.3, -0.25) is 0 Å². The molecule has 2 rings (SSSR count). The number of aliphatic hydroxyl groups is 1. The van der Waals surface area contributed by atoms with Crippen LogP contribution in [-0.2, 0) is 6.42 Å². The van der Waals surface area contributed by atoms with E-state index in [1.165, 1.54) is 12.1 Å². The van der Waals surface area contributed by atoms with Crippen LogP contribution >= 0.6 is 15.9 Å². The normalized spacial score (nSPS) is 21.5. The van der Waals surface area contributed by atoms with Crippen LogP contribution in [0.1, 0.15) is 24.8 Å². The van der Waals surface area contributed by atoms with Gasteiger partial charge < -0.3 is 5.11 Å². The molecule has 0 aromatic heterocycles. The van der Waals surface area contributed by atoms with E-state index in [0.717, 1.165) is 29.3 Å². The first-order chi connectivity index (χ1) is 8.16. The molecule has 0 saturated carbocycles. The fourth-order valence-electron chi connectivity index (χ4n) is 2.26. The Labute approximate surface area is 109 Å². The zero-order valence-electron chi connectivity index (χ0n) is 9.57. The van der Waals surface area contributed by atoms with E-state index in [9.17, 15) is 9.50 Å². The fraction of sp³-hybridized carbons (Fsp3) is 0.429. The summed E-state index contributed by atoms with van der Waals surface area (Å²) in [5.41, 5.74) is 0.840. The molecule has 92 valence electrons. The number of rotatable bonds is 3. The van der Waals surface area contributed by atoms with Crippen molar-refractivity contribution in [1.29, 1.82) is 0 Å². The topological polar surface area (TPSA) is 20.2 Å². The Kier molecular flexibility index (Phi) is 4.35. The molecule has 17 heavy (non-hydrogen) atoms. The standard InChI is InChI=1S/C14H16BrFO/c15-13-7-6-12(16)8-11(13)9-14(17)10-4-2-1-3-5-10/h1-2,6-8,10,14,17H,3-5,9H2. The van der Waals surface area contributed by atoms with Gasteiger partial charge >= 0.3 is 0 Å². The van der Waals surface area contributed by atoms with Gasteiger partial charge in [-0.2, -0.15) is 0 Å². The van der Waals surface area contributed by atoms with Gasteiger partial charge in [0.25, 0.3) is 0 Å². The molecule has 1 nitrogen and oxygen atoms in total. The van der Waals surface area contributed by atoms with E-state index < -0.39 is 6.10 Å². The summed E-state index contributed by atoms with van der Waals surface area (Å²) in [6.07, 6.45) is 7.37. The lowest BCUT2D eigenvalue weighted by atomic mass is 9.86. The summed E-state index contributed by atoms with van der Waals surface area (Å²) < 4.78 is 14.0.